The smallest absolute Gasteiger partial charge is 0.305 e. The number of sulfone groups is 1. The molecule has 0 unspecified atom stereocenters. The quantitative estimate of drug-likeness (QED) is 0.437. The lowest BCUT2D eigenvalue weighted by molar-refractivity contribution is -0.140. The first-order valence-electron chi connectivity index (χ1n) is 5.88. The zero-order valence-electron chi connectivity index (χ0n) is 11.2. The van der Waals surface area contributed by atoms with E-state index in [0.29, 0.717) is 25.7 Å². The van der Waals surface area contributed by atoms with Crippen LogP contribution in [0.2, 0.25) is 0 Å². The Hall–Kier alpha value is -0.670. The Labute approximate surface area is 114 Å². The summed E-state index contributed by atoms with van der Waals surface area (Å²) in [5.74, 6) is -1.09. The fourth-order valence-corrected chi connectivity index (χ4v) is 3.92. The van der Waals surface area contributed by atoms with Crippen LogP contribution >= 0.6 is 0 Å². The summed E-state index contributed by atoms with van der Waals surface area (Å²) < 4.78 is 51.3. The molecule has 0 heterocycles. The van der Waals surface area contributed by atoms with E-state index in [0.717, 1.165) is 6.26 Å². The number of ether oxygens (including phenoxy) is 1. The molecule has 7 nitrogen and oxygen atoms in total. The van der Waals surface area contributed by atoms with Crippen molar-refractivity contribution in [1.82, 2.24) is 4.72 Å². The normalized spacial score (nSPS) is 12.3. The van der Waals surface area contributed by atoms with Gasteiger partial charge >= 0.3 is 5.97 Å². The number of sulfonamides is 1. The van der Waals surface area contributed by atoms with E-state index in [1.807, 2.05) is 0 Å². The van der Waals surface area contributed by atoms with Crippen molar-refractivity contribution in [2.45, 2.75) is 25.7 Å². The van der Waals surface area contributed by atoms with Gasteiger partial charge in [-0.25, -0.2) is 21.6 Å². The lowest BCUT2D eigenvalue weighted by atomic mass is 10.2. The highest BCUT2D eigenvalue weighted by molar-refractivity contribution is 7.93. The summed E-state index contributed by atoms with van der Waals surface area (Å²) in [5, 5.41) is 0. The zero-order valence-corrected chi connectivity index (χ0v) is 12.8. The molecule has 0 bridgehead atoms. The molecule has 0 aromatic carbocycles. The first-order valence-corrected chi connectivity index (χ1v) is 9.59. The number of carbonyl (C=O) groups is 1. The van der Waals surface area contributed by atoms with Crippen molar-refractivity contribution in [3.63, 3.8) is 0 Å². The highest BCUT2D eigenvalue weighted by atomic mass is 32.2. The maximum Gasteiger partial charge on any atom is 0.305 e. The molecule has 19 heavy (non-hydrogen) atoms. The summed E-state index contributed by atoms with van der Waals surface area (Å²) >= 11 is 0. The fraction of sp³-hybridized carbons (Fsp3) is 0.900. The van der Waals surface area contributed by atoms with Crippen LogP contribution in [0.3, 0.4) is 0 Å². The SMILES string of the molecule is COC(=O)CCCCCNS(=O)(=O)CCS(C)(=O)=O. The Balaban J connectivity index is 3.73. The van der Waals surface area contributed by atoms with E-state index in [4.69, 9.17) is 0 Å². The molecule has 0 saturated heterocycles. The lowest BCUT2D eigenvalue weighted by Crippen LogP contribution is -2.30. The van der Waals surface area contributed by atoms with Crippen LogP contribution in [0.1, 0.15) is 25.7 Å². The fourth-order valence-electron chi connectivity index (χ4n) is 1.23. The number of hydrogen-bond donors (Lipinski definition) is 1. The molecule has 0 aliphatic carbocycles. The molecule has 0 rings (SSSR count). The summed E-state index contributed by atoms with van der Waals surface area (Å²) in [7, 11) is -5.51. The van der Waals surface area contributed by atoms with Crippen molar-refractivity contribution in [3.05, 3.63) is 0 Å². The van der Waals surface area contributed by atoms with E-state index in [9.17, 15) is 21.6 Å². The highest BCUT2D eigenvalue weighted by Gasteiger charge is 2.13. The van der Waals surface area contributed by atoms with Gasteiger partial charge in [0.2, 0.25) is 10.0 Å². The molecule has 0 aromatic heterocycles. The molecule has 0 amide bonds. The van der Waals surface area contributed by atoms with Crippen molar-refractivity contribution in [3.8, 4) is 0 Å². The van der Waals surface area contributed by atoms with Crippen molar-refractivity contribution >= 4 is 25.8 Å². The van der Waals surface area contributed by atoms with Gasteiger partial charge < -0.3 is 4.74 Å². The van der Waals surface area contributed by atoms with E-state index in [1.165, 1.54) is 7.11 Å². The number of methoxy groups -OCH3 is 1. The number of nitrogens with one attached hydrogen (secondary N) is 1. The first kappa shape index (κ1) is 18.3. The van der Waals surface area contributed by atoms with Crippen LogP contribution in [0.25, 0.3) is 0 Å². The summed E-state index contributed by atoms with van der Waals surface area (Å²) in [4.78, 5) is 10.8. The van der Waals surface area contributed by atoms with Crippen LogP contribution in [0.4, 0.5) is 0 Å². The van der Waals surface area contributed by atoms with Crippen LogP contribution in [0.5, 0.6) is 0 Å². The minimum Gasteiger partial charge on any atom is -0.469 e. The molecule has 0 aromatic rings. The second-order valence-electron chi connectivity index (χ2n) is 4.23. The van der Waals surface area contributed by atoms with E-state index in [1.54, 1.807) is 0 Å². The van der Waals surface area contributed by atoms with Crippen LogP contribution in [-0.4, -0.2) is 54.2 Å². The highest BCUT2D eigenvalue weighted by Crippen LogP contribution is 2.00. The van der Waals surface area contributed by atoms with E-state index in [-0.39, 0.29) is 18.3 Å². The Bertz CT molecular complexity index is 468. The molecule has 0 fully saturated rings. The zero-order chi connectivity index (χ0) is 14.9. The molecular weight excluding hydrogens is 294 g/mol. The number of rotatable bonds is 10. The van der Waals surface area contributed by atoms with Gasteiger partial charge in [0.1, 0.15) is 9.84 Å². The molecule has 0 aliphatic rings. The van der Waals surface area contributed by atoms with Gasteiger partial charge in [-0.15, -0.1) is 0 Å². The van der Waals surface area contributed by atoms with Crippen molar-refractivity contribution in [2.75, 3.05) is 31.4 Å². The number of carbonyl (C=O) groups excluding carboxylic acids is 1. The van der Waals surface area contributed by atoms with Gasteiger partial charge in [-0.3, -0.25) is 4.79 Å². The van der Waals surface area contributed by atoms with Crippen LogP contribution in [0, 0.1) is 0 Å². The Kier molecular flexibility index (Phi) is 8.19. The third-order valence-corrected chi connectivity index (χ3v) is 4.92. The van der Waals surface area contributed by atoms with Gasteiger partial charge in [-0.1, -0.05) is 6.42 Å². The van der Waals surface area contributed by atoms with Crippen LogP contribution < -0.4 is 4.72 Å². The largest absolute Gasteiger partial charge is 0.469 e. The van der Waals surface area contributed by atoms with Crippen LogP contribution in [-0.2, 0) is 29.4 Å². The Morgan fingerprint density at radius 3 is 2.21 bits per heavy atom. The molecule has 0 saturated carbocycles. The topological polar surface area (TPSA) is 107 Å². The minimum absolute atomic E-state index is 0.243. The summed E-state index contributed by atoms with van der Waals surface area (Å²) in [5.41, 5.74) is 0. The predicted octanol–water partition coefficient (Wildman–Crippen LogP) is -0.316. The maximum absolute atomic E-state index is 11.4. The van der Waals surface area contributed by atoms with Gasteiger partial charge in [0.05, 0.1) is 18.6 Å². The maximum atomic E-state index is 11.4. The van der Waals surface area contributed by atoms with Gasteiger partial charge in [-0.2, -0.15) is 0 Å². The average molecular weight is 315 g/mol. The third-order valence-electron chi connectivity index (χ3n) is 2.33. The van der Waals surface area contributed by atoms with E-state index in [2.05, 4.69) is 9.46 Å². The van der Waals surface area contributed by atoms with E-state index >= 15 is 0 Å². The molecule has 0 atom stereocenters. The monoisotopic (exact) mass is 315 g/mol. The number of unbranched alkanes of at least 4 members (excludes halogenated alkanes) is 2. The summed E-state index contributed by atoms with van der Waals surface area (Å²) in [6.07, 6.45) is 3.24. The molecular formula is C10H21NO6S2. The van der Waals surface area contributed by atoms with Gasteiger partial charge in [0.15, 0.2) is 0 Å². The van der Waals surface area contributed by atoms with E-state index < -0.39 is 25.6 Å². The number of esters is 1. The first-order chi connectivity index (χ1) is 8.66. The standard InChI is InChI=1S/C10H21NO6S2/c1-17-10(12)6-4-3-5-7-11-19(15,16)9-8-18(2,13)14/h11H,3-9H2,1-2H3. The average Bonchev–Trinajstić information content (AvgIpc) is 2.30. The summed E-state index contributed by atoms with van der Waals surface area (Å²) in [6, 6.07) is 0. The number of hydrogen-bond acceptors (Lipinski definition) is 6. The van der Waals surface area contributed by atoms with Gasteiger partial charge in [0, 0.05) is 19.2 Å². The molecule has 114 valence electrons. The van der Waals surface area contributed by atoms with Crippen molar-refractivity contribution < 1.29 is 26.4 Å². The van der Waals surface area contributed by atoms with Gasteiger partial charge in [-0.05, 0) is 12.8 Å². The van der Waals surface area contributed by atoms with Gasteiger partial charge in [0.25, 0.3) is 0 Å². The van der Waals surface area contributed by atoms with Crippen LogP contribution in [0.15, 0.2) is 0 Å². The molecule has 1 N–H and O–H groups in total. The predicted molar refractivity (Wildman–Crippen MR) is 72.0 cm³/mol. The Morgan fingerprint density at radius 2 is 1.68 bits per heavy atom. The van der Waals surface area contributed by atoms with Crippen molar-refractivity contribution in [1.29, 1.82) is 0 Å². The second-order valence-corrected chi connectivity index (χ2v) is 8.42. The molecule has 0 spiro atoms. The molecule has 0 radical (unpaired) electrons. The lowest BCUT2D eigenvalue weighted by Gasteiger charge is -2.05. The Morgan fingerprint density at radius 1 is 1.05 bits per heavy atom. The third kappa shape index (κ3) is 12.1. The summed E-state index contributed by atoms with van der Waals surface area (Å²) in [6.45, 7) is 0.243. The van der Waals surface area contributed by atoms with Crippen molar-refractivity contribution in [2.24, 2.45) is 0 Å². The molecule has 9 heteroatoms. The minimum atomic E-state index is -3.54. The molecule has 0 aliphatic heterocycles. The second kappa shape index (κ2) is 8.49.